The molecule has 1 aliphatic heterocycles. The third kappa shape index (κ3) is 5.86. The molecule has 0 spiro atoms. The first-order valence-electron chi connectivity index (χ1n) is 7.30. The van der Waals surface area contributed by atoms with Gasteiger partial charge in [0.25, 0.3) is 0 Å². The molecule has 2 N–H and O–H groups in total. The van der Waals surface area contributed by atoms with Crippen LogP contribution in [0.25, 0.3) is 0 Å². The van der Waals surface area contributed by atoms with Crippen LogP contribution < -0.4 is 10.6 Å². The van der Waals surface area contributed by atoms with Crippen molar-refractivity contribution in [1.29, 1.82) is 0 Å². The first-order chi connectivity index (χ1) is 7.86. The summed E-state index contributed by atoms with van der Waals surface area (Å²) in [4.78, 5) is 0. The molecule has 0 amide bonds. The van der Waals surface area contributed by atoms with E-state index in [1.54, 1.807) is 0 Å². The maximum atomic E-state index is 3.63. The van der Waals surface area contributed by atoms with E-state index in [2.05, 4.69) is 24.5 Å². The highest BCUT2D eigenvalue weighted by Crippen LogP contribution is 2.11. The Kier molecular flexibility index (Phi) is 7.87. The molecular weight excluding hydrogens is 196 g/mol. The lowest BCUT2D eigenvalue weighted by molar-refractivity contribution is 0.410. The molecule has 2 heteroatoms. The predicted octanol–water partition coefficient (Wildman–Crippen LogP) is 2.93. The summed E-state index contributed by atoms with van der Waals surface area (Å²) in [6, 6.07) is 0.795. The molecule has 0 saturated carbocycles. The summed E-state index contributed by atoms with van der Waals surface area (Å²) in [6.07, 6.45) is 9.53. The van der Waals surface area contributed by atoms with Gasteiger partial charge in [0.05, 0.1) is 0 Å². The molecule has 0 aromatic carbocycles. The third-order valence-corrected chi connectivity index (χ3v) is 3.81. The second kappa shape index (κ2) is 9.00. The molecule has 1 rings (SSSR count). The van der Waals surface area contributed by atoms with Crippen molar-refractivity contribution in [2.24, 2.45) is 5.92 Å². The van der Waals surface area contributed by atoms with Crippen LogP contribution in [-0.4, -0.2) is 25.7 Å². The van der Waals surface area contributed by atoms with Crippen LogP contribution in [0.5, 0.6) is 0 Å². The van der Waals surface area contributed by atoms with Crippen molar-refractivity contribution in [2.45, 2.75) is 64.8 Å². The molecule has 0 radical (unpaired) electrons. The molecular formula is C14H30N2. The van der Waals surface area contributed by atoms with Crippen LogP contribution in [-0.2, 0) is 0 Å². The predicted molar refractivity (Wildman–Crippen MR) is 71.8 cm³/mol. The molecule has 1 aliphatic rings. The van der Waals surface area contributed by atoms with Gasteiger partial charge in [-0.2, -0.15) is 0 Å². The zero-order chi connectivity index (χ0) is 11.6. The molecule has 2 nitrogen and oxygen atoms in total. The van der Waals surface area contributed by atoms with Crippen molar-refractivity contribution in [2.75, 3.05) is 19.6 Å². The lowest BCUT2D eigenvalue weighted by Crippen LogP contribution is -2.29. The summed E-state index contributed by atoms with van der Waals surface area (Å²) < 4.78 is 0. The van der Waals surface area contributed by atoms with Crippen molar-refractivity contribution in [3.63, 3.8) is 0 Å². The van der Waals surface area contributed by atoms with Crippen LogP contribution in [0.2, 0.25) is 0 Å². The van der Waals surface area contributed by atoms with E-state index in [0.29, 0.717) is 0 Å². The van der Waals surface area contributed by atoms with Gasteiger partial charge < -0.3 is 10.6 Å². The highest BCUT2D eigenvalue weighted by molar-refractivity contribution is 4.74. The summed E-state index contributed by atoms with van der Waals surface area (Å²) in [5.74, 6) is 0.900. The zero-order valence-electron chi connectivity index (χ0n) is 11.2. The molecule has 1 fully saturated rings. The van der Waals surface area contributed by atoms with Crippen LogP contribution in [0.4, 0.5) is 0 Å². The Morgan fingerprint density at radius 3 is 2.88 bits per heavy atom. The van der Waals surface area contributed by atoms with Gasteiger partial charge in [-0.1, -0.05) is 33.1 Å². The van der Waals surface area contributed by atoms with Crippen molar-refractivity contribution in [3.8, 4) is 0 Å². The molecule has 2 atom stereocenters. The number of hydrogen-bond donors (Lipinski definition) is 2. The van der Waals surface area contributed by atoms with Gasteiger partial charge in [0, 0.05) is 6.04 Å². The fourth-order valence-corrected chi connectivity index (χ4v) is 2.53. The van der Waals surface area contributed by atoms with Crippen LogP contribution in [0.15, 0.2) is 0 Å². The first-order valence-corrected chi connectivity index (χ1v) is 7.30. The average molecular weight is 226 g/mol. The molecule has 0 aromatic rings. The van der Waals surface area contributed by atoms with E-state index in [9.17, 15) is 0 Å². The first kappa shape index (κ1) is 14.0. The number of unbranched alkanes of at least 4 members (excludes halogenated alkanes) is 1. The van der Waals surface area contributed by atoms with Crippen LogP contribution in [0.3, 0.4) is 0 Å². The van der Waals surface area contributed by atoms with E-state index in [1.165, 1.54) is 64.6 Å². The number of hydrogen-bond acceptors (Lipinski definition) is 2. The van der Waals surface area contributed by atoms with Gasteiger partial charge in [0.1, 0.15) is 0 Å². The molecule has 2 unspecified atom stereocenters. The van der Waals surface area contributed by atoms with Crippen molar-refractivity contribution >= 4 is 0 Å². The Labute approximate surface area is 102 Å². The van der Waals surface area contributed by atoms with Crippen LogP contribution in [0.1, 0.15) is 58.8 Å². The Morgan fingerprint density at radius 1 is 1.38 bits per heavy atom. The average Bonchev–Trinajstić information content (AvgIpc) is 2.81. The van der Waals surface area contributed by atoms with E-state index in [4.69, 9.17) is 0 Å². The molecule has 16 heavy (non-hydrogen) atoms. The topological polar surface area (TPSA) is 24.1 Å². The van der Waals surface area contributed by atoms with Gasteiger partial charge >= 0.3 is 0 Å². The van der Waals surface area contributed by atoms with E-state index < -0.39 is 0 Å². The van der Waals surface area contributed by atoms with Gasteiger partial charge in [-0.25, -0.2) is 0 Å². The summed E-state index contributed by atoms with van der Waals surface area (Å²) in [6.45, 7) is 8.26. The maximum Gasteiger partial charge on any atom is 0.00796 e. The lowest BCUT2D eigenvalue weighted by Gasteiger charge is -2.16. The molecule has 1 saturated heterocycles. The summed E-state index contributed by atoms with van der Waals surface area (Å²) in [7, 11) is 0. The van der Waals surface area contributed by atoms with Gasteiger partial charge in [-0.15, -0.1) is 0 Å². The summed E-state index contributed by atoms with van der Waals surface area (Å²) in [5, 5.41) is 7.19. The van der Waals surface area contributed by atoms with E-state index in [1.807, 2.05) is 0 Å². The van der Waals surface area contributed by atoms with Crippen LogP contribution >= 0.6 is 0 Å². The molecule has 1 heterocycles. The molecule has 0 aromatic heterocycles. The van der Waals surface area contributed by atoms with Crippen molar-refractivity contribution < 1.29 is 0 Å². The summed E-state index contributed by atoms with van der Waals surface area (Å²) >= 11 is 0. The Morgan fingerprint density at radius 2 is 2.25 bits per heavy atom. The lowest BCUT2D eigenvalue weighted by atomic mass is 9.99. The second-order valence-corrected chi connectivity index (χ2v) is 5.20. The molecule has 0 aliphatic carbocycles. The third-order valence-electron chi connectivity index (χ3n) is 3.81. The Balaban J connectivity index is 1.95. The Bertz CT molecular complexity index is 153. The normalized spacial score (nSPS) is 22.5. The fourth-order valence-electron chi connectivity index (χ4n) is 2.53. The number of nitrogens with one attached hydrogen (secondary N) is 2. The van der Waals surface area contributed by atoms with Gasteiger partial charge in [-0.3, -0.25) is 0 Å². The highest BCUT2D eigenvalue weighted by atomic mass is 14.9. The monoisotopic (exact) mass is 226 g/mol. The fraction of sp³-hybridized carbons (Fsp3) is 1.00. The second-order valence-electron chi connectivity index (χ2n) is 5.20. The van der Waals surface area contributed by atoms with Crippen LogP contribution in [0, 0.1) is 5.92 Å². The van der Waals surface area contributed by atoms with Gasteiger partial charge in [-0.05, 0) is 51.2 Å². The minimum Gasteiger partial charge on any atom is -0.316 e. The van der Waals surface area contributed by atoms with Gasteiger partial charge in [0.15, 0.2) is 0 Å². The van der Waals surface area contributed by atoms with E-state index >= 15 is 0 Å². The standard InChI is InChI=1S/C14H30N2/c1-3-5-7-13(4-2)12-15-11-9-14-8-6-10-16-14/h13-16H,3-12H2,1-2H3. The zero-order valence-corrected chi connectivity index (χ0v) is 11.2. The van der Waals surface area contributed by atoms with E-state index in [-0.39, 0.29) is 0 Å². The smallest absolute Gasteiger partial charge is 0.00796 e. The largest absolute Gasteiger partial charge is 0.316 e. The summed E-state index contributed by atoms with van der Waals surface area (Å²) in [5.41, 5.74) is 0. The quantitative estimate of drug-likeness (QED) is 0.591. The Hall–Kier alpha value is -0.0800. The minimum atomic E-state index is 0.795. The maximum absolute atomic E-state index is 3.63. The van der Waals surface area contributed by atoms with E-state index in [0.717, 1.165) is 12.0 Å². The van der Waals surface area contributed by atoms with Crippen molar-refractivity contribution in [3.05, 3.63) is 0 Å². The highest BCUT2D eigenvalue weighted by Gasteiger charge is 2.13. The van der Waals surface area contributed by atoms with Gasteiger partial charge in [0.2, 0.25) is 0 Å². The van der Waals surface area contributed by atoms with Crippen molar-refractivity contribution in [1.82, 2.24) is 10.6 Å². The number of rotatable bonds is 9. The SMILES string of the molecule is CCCCC(CC)CNCCC1CCCN1. The minimum absolute atomic E-state index is 0.795. The molecule has 0 bridgehead atoms. The molecule has 96 valence electrons.